The van der Waals surface area contributed by atoms with Gasteiger partial charge >= 0.3 is 5.97 Å². The number of esters is 1. The predicted octanol–water partition coefficient (Wildman–Crippen LogP) is 0.220. The highest BCUT2D eigenvalue weighted by atomic mass is 16.5. The van der Waals surface area contributed by atoms with Crippen LogP contribution >= 0.6 is 0 Å². The first-order valence-electron chi connectivity index (χ1n) is 5.28. The van der Waals surface area contributed by atoms with Gasteiger partial charge in [-0.3, -0.25) is 4.79 Å². The molecule has 0 saturated carbocycles. The van der Waals surface area contributed by atoms with E-state index >= 15 is 0 Å². The Bertz CT molecular complexity index is 179. The summed E-state index contributed by atoms with van der Waals surface area (Å²) in [6.45, 7) is 3.69. The average molecular weight is 200 g/mol. The summed E-state index contributed by atoms with van der Waals surface area (Å²) in [4.78, 5) is 13.6. The fourth-order valence-electron chi connectivity index (χ4n) is 1.84. The molecule has 1 heterocycles. The van der Waals surface area contributed by atoms with Crippen LogP contribution in [0.3, 0.4) is 0 Å². The van der Waals surface area contributed by atoms with Gasteiger partial charge in [-0.25, -0.2) is 0 Å². The lowest BCUT2D eigenvalue weighted by Gasteiger charge is -2.18. The molecule has 0 aromatic heterocycles. The van der Waals surface area contributed by atoms with E-state index < -0.39 is 0 Å². The van der Waals surface area contributed by atoms with Gasteiger partial charge in [0.25, 0.3) is 0 Å². The molecule has 1 atom stereocenters. The third-order valence-corrected chi connectivity index (χ3v) is 2.81. The second-order valence-electron chi connectivity index (χ2n) is 3.79. The van der Waals surface area contributed by atoms with Crippen molar-refractivity contribution in [2.24, 2.45) is 11.7 Å². The van der Waals surface area contributed by atoms with Crippen molar-refractivity contribution < 1.29 is 9.53 Å². The van der Waals surface area contributed by atoms with Gasteiger partial charge in [0, 0.05) is 6.54 Å². The third-order valence-electron chi connectivity index (χ3n) is 2.81. The lowest BCUT2D eigenvalue weighted by atomic mass is 10.1. The number of carbonyl (C=O) groups is 1. The second kappa shape index (κ2) is 5.98. The quantitative estimate of drug-likeness (QED) is 0.645. The number of rotatable bonds is 5. The summed E-state index contributed by atoms with van der Waals surface area (Å²) >= 11 is 0. The molecule has 1 fully saturated rings. The number of hydrogen-bond donors (Lipinski definition) is 1. The minimum Gasteiger partial charge on any atom is -0.469 e. The van der Waals surface area contributed by atoms with E-state index in [9.17, 15) is 4.79 Å². The van der Waals surface area contributed by atoms with Crippen molar-refractivity contribution in [3.8, 4) is 0 Å². The number of methoxy groups -OCH3 is 1. The van der Waals surface area contributed by atoms with Crippen molar-refractivity contribution in [2.75, 3.05) is 33.3 Å². The summed E-state index contributed by atoms with van der Waals surface area (Å²) in [6.07, 6.45) is 3.39. The van der Waals surface area contributed by atoms with E-state index in [0.29, 0.717) is 6.54 Å². The summed E-state index contributed by atoms with van der Waals surface area (Å²) in [7, 11) is 1.42. The molecular formula is C10H20N2O2. The van der Waals surface area contributed by atoms with Gasteiger partial charge in [-0.15, -0.1) is 0 Å². The van der Waals surface area contributed by atoms with Crippen molar-refractivity contribution in [2.45, 2.75) is 19.3 Å². The summed E-state index contributed by atoms with van der Waals surface area (Å²) in [5, 5.41) is 0. The van der Waals surface area contributed by atoms with Crippen LogP contribution in [0.4, 0.5) is 0 Å². The van der Waals surface area contributed by atoms with Crippen LogP contribution in [0.2, 0.25) is 0 Å². The molecule has 1 aliphatic rings. The molecule has 82 valence electrons. The lowest BCUT2D eigenvalue weighted by molar-refractivity contribution is -0.145. The Balaban J connectivity index is 2.22. The highest BCUT2D eigenvalue weighted by Crippen LogP contribution is 2.11. The van der Waals surface area contributed by atoms with Crippen LogP contribution in [0.1, 0.15) is 19.3 Å². The van der Waals surface area contributed by atoms with E-state index in [1.807, 2.05) is 0 Å². The summed E-state index contributed by atoms with van der Waals surface area (Å²) < 4.78 is 4.68. The normalized spacial score (nSPS) is 19.6. The molecule has 1 unspecified atom stereocenters. The van der Waals surface area contributed by atoms with Gasteiger partial charge in [0.05, 0.1) is 13.0 Å². The topological polar surface area (TPSA) is 55.6 Å². The van der Waals surface area contributed by atoms with Crippen LogP contribution in [0.15, 0.2) is 0 Å². The second-order valence-corrected chi connectivity index (χ2v) is 3.79. The van der Waals surface area contributed by atoms with Crippen molar-refractivity contribution in [1.82, 2.24) is 4.90 Å². The van der Waals surface area contributed by atoms with Gasteiger partial charge in [-0.05, 0) is 38.9 Å². The van der Waals surface area contributed by atoms with Crippen molar-refractivity contribution >= 4 is 5.97 Å². The van der Waals surface area contributed by atoms with Crippen LogP contribution in [0.5, 0.6) is 0 Å². The number of nitrogens with two attached hydrogens (primary N) is 1. The number of likely N-dealkylation sites (tertiary alicyclic amines) is 1. The maximum atomic E-state index is 11.2. The first-order chi connectivity index (χ1) is 6.77. The molecule has 0 bridgehead atoms. The molecule has 4 nitrogen and oxygen atoms in total. The zero-order valence-electron chi connectivity index (χ0n) is 8.87. The van der Waals surface area contributed by atoms with Crippen LogP contribution in [-0.4, -0.2) is 44.2 Å². The largest absolute Gasteiger partial charge is 0.469 e. The highest BCUT2D eigenvalue weighted by Gasteiger charge is 2.19. The standard InChI is InChI=1S/C10H20N2O2/c1-14-10(13)9(8-11)4-7-12-5-2-3-6-12/h9H,2-8,11H2,1H3. The van der Waals surface area contributed by atoms with Crippen LogP contribution < -0.4 is 5.73 Å². The molecule has 0 amide bonds. The first-order valence-corrected chi connectivity index (χ1v) is 5.28. The lowest BCUT2D eigenvalue weighted by Crippen LogP contribution is -2.30. The summed E-state index contributed by atoms with van der Waals surface area (Å²) in [6, 6.07) is 0. The van der Waals surface area contributed by atoms with Gasteiger partial charge in [0.1, 0.15) is 0 Å². The number of ether oxygens (including phenoxy) is 1. The molecule has 0 radical (unpaired) electrons. The van der Waals surface area contributed by atoms with Crippen molar-refractivity contribution in [3.05, 3.63) is 0 Å². The molecule has 14 heavy (non-hydrogen) atoms. The molecule has 0 aromatic rings. The zero-order chi connectivity index (χ0) is 10.4. The average Bonchev–Trinajstić information content (AvgIpc) is 2.71. The SMILES string of the molecule is COC(=O)C(CN)CCN1CCCC1. The maximum Gasteiger partial charge on any atom is 0.309 e. The van der Waals surface area contributed by atoms with E-state index in [2.05, 4.69) is 9.64 Å². The number of nitrogens with zero attached hydrogens (tertiary/aromatic N) is 1. The highest BCUT2D eigenvalue weighted by molar-refractivity contribution is 5.72. The summed E-state index contributed by atoms with van der Waals surface area (Å²) in [5.41, 5.74) is 5.51. The van der Waals surface area contributed by atoms with Gasteiger partial charge in [-0.1, -0.05) is 0 Å². The van der Waals surface area contributed by atoms with Crippen LogP contribution in [0, 0.1) is 5.92 Å². The fraction of sp³-hybridized carbons (Fsp3) is 0.900. The van der Waals surface area contributed by atoms with E-state index in [-0.39, 0.29) is 11.9 Å². The van der Waals surface area contributed by atoms with Crippen LogP contribution in [-0.2, 0) is 9.53 Å². The Morgan fingerprint density at radius 3 is 2.64 bits per heavy atom. The molecule has 0 spiro atoms. The fourth-order valence-corrected chi connectivity index (χ4v) is 1.84. The Morgan fingerprint density at radius 1 is 1.50 bits per heavy atom. The Hall–Kier alpha value is -0.610. The molecule has 1 aliphatic heterocycles. The molecule has 0 aromatic carbocycles. The van der Waals surface area contributed by atoms with E-state index in [1.165, 1.54) is 33.0 Å². The monoisotopic (exact) mass is 200 g/mol. The minimum absolute atomic E-state index is 0.124. The summed E-state index contributed by atoms with van der Waals surface area (Å²) in [5.74, 6) is -0.299. The van der Waals surface area contributed by atoms with Crippen molar-refractivity contribution in [3.63, 3.8) is 0 Å². The molecule has 1 rings (SSSR count). The van der Waals surface area contributed by atoms with Gasteiger partial charge in [0.15, 0.2) is 0 Å². The first kappa shape index (κ1) is 11.5. The van der Waals surface area contributed by atoms with E-state index in [1.54, 1.807) is 0 Å². The minimum atomic E-state index is -0.174. The van der Waals surface area contributed by atoms with E-state index in [4.69, 9.17) is 5.73 Å². The Kier molecular flexibility index (Phi) is 4.90. The maximum absolute atomic E-state index is 11.2. The zero-order valence-corrected chi connectivity index (χ0v) is 8.87. The van der Waals surface area contributed by atoms with Gasteiger partial charge < -0.3 is 15.4 Å². The number of hydrogen-bond acceptors (Lipinski definition) is 4. The smallest absolute Gasteiger partial charge is 0.309 e. The van der Waals surface area contributed by atoms with E-state index in [0.717, 1.165) is 13.0 Å². The molecular weight excluding hydrogens is 180 g/mol. The number of carbonyl (C=O) groups excluding carboxylic acids is 1. The predicted molar refractivity (Wildman–Crippen MR) is 54.9 cm³/mol. The van der Waals surface area contributed by atoms with Crippen molar-refractivity contribution in [1.29, 1.82) is 0 Å². The van der Waals surface area contributed by atoms with Crippen LogP contribution in [0.25, 0.3) is 0 Å². The molecule has 2 N–H and O–H groups in total. The Labute approximate surface area is 85.4 Å². The molecule has 1 saturated heterocycles. The third kappa shape index (κ3) is 3.27. The van der Waals surface area contributed by atoms with Gasteiger partial charge in [0.2, 0.25) is 0 Å². The molecule has 4 heteroatoms. The van der Waals surface area contributed by atoms with Gasteiger partial charge in [-0.2, -0.15) is 0 Å². The Morgan fingerprint density at radius 2 is 2.14 bits per heavy atom. The molecule has 0 aliphatic carbocycles.